The summed E-state index contributed by atoms with van der Waals surface area (Å²) in [5, 5.41) is 5.28. The molecular weight excluding hydrogens is 710 g/mol. The molecule has 2 atom stereocenters. The van der Waals surface area contributed by atoms with E-state index in [-0.39, 0.29) is 0 Å². The number of ketones is 2. The number of halogens is 4. The van der Waals surface area contributed by atoms with E-state index >= 15 is 0 Å². The first-order valence-electron chi connectivity index (χ1n) is 17.4. The molecule has 15 heteroatoms. The van der Waals surface area contributed by atoms with Crippen LogP contribution in [0.25, 0.3) is 0 Å². The van der Waals surface area contributed by atoms with E-state index in [2.05, 4.69) is 20.6 Å². The predicted octanol–water partition coefficient (Wildman–Crippen LogP) is 5.92. The molecule has 2 aromatic carbocycles. The number of nitrogens with one attached hydrogen (secondary N) is 2. The minimum absolute atomic E-state index is 0.301. The molecule has 4 aromatic rings. The number of nitrogens with two attached hydrogens (primary N) is 1. The maximum atomic E-state index is 13.6. The number of hydrogen-bond donors (Lipinski definition) is 3. The standard InChI is InChI=1S/C20H22F2N2O3.C19H21F2N3O3/c1-2-3-4-10-17(24-20(26)14-7-6-11-23-12-14)18(25)13-27-19-15(21)8-5-9-16(19)22;20-14-6-3-7-15(21)18(14)27-12-17(25)16(8-1-2-9-22)24-19(26)13-5-4-10-23-11-13/h5-9,11-12,17H,2-4,10,13H2,1H3,(H,24,26);3-7,10-11,16H,1-2,8-9,12,22H2,(H,24,26)/t17-;16-/m00/s1. The number of Topliss-reactive ketones (excluding diaryl/α,β-unsaturated/α-hetero) is 2. The zero-order chi connectivity index (χ0) is 39.3. The number of pyridine rings is 2. The summed E-state index contributed by atoms with van der Waals surface area (Å²) in [5.41, 5.74) is 6.09. The fourth-order valence-electron chi connectivity index (χ4n) is 4.92. The van der Waals surface area contributed by atoms with Crippen molar-refractivity contribution < 1.29 is 46.2 Å². The van der Waals surface area contributed by atoms with Gasteiger partial charge < -0.3 is 25.8 Å². The minimum atomic E-state index is -0.901. The Kier molecular flexibility index (Phi) is 18.2. The fraction of sp³-hybridized carbons (Fsp3) is 0.333. The molecular formula is C39H43F4N5O6. The van der Waals surface area contributed by atoms with Crippen LogP contribution in [0.3, 0.4) is 0 Å². The molecule has 288 valence electrons. The van der Waals surface area contributed by atoms with E-state index in [4.69, 9.17) is 15.2 Å². The van der Waals surface area contributed by atoms with Crippen LogP contribution in [0.2, 0.25) is 0 Å². The third-order valence-corrected chi connectivity index (χ3v) is 7.83. The van der Waals surface area contributed by atoms with Gasteiger partial charge >= 0.3 is 0 Å². The normalized spacial score (nSPS) is 11.7. The van der Waals surface area contributed by atoms with Crippen LogP contribution in [0.15, 0.2) is 85.5 Å². The first kappa shape index (κ1) is 42.7. The molecule has 0 radical (unpaired) electrons. The van der Waals surface area contributed by atoms with Crippen LogP contribution in [-0.4, -0.2) is 65.2 Å². The van der Waals surface area contributed by atoms with Gasteiger partial charge in [0.05, 0.1) is 23.2 Å². The van der Waals surface area contributed by atoms with Crippen molar-refractivity contribution in [1.82, 2.24) is 20.6 Å². The Bertz CT molecular complexity index is 1630. The molecule has 2 aromatic heterocycles. The number of unbranched alkanes of at least 4 members (excludes halogenated alkanes) is 3. The van der Waals surface area contributed by atoms with E-state index in [1.165, 1.54) is 36.9 Å². The molecule has 4 N–H and O–H groups in total. The molecule has 0 aliphatic rings. The summed E-state index contributed by atoms with van der Waals surface area (Å²) in [6, 6.07) is 11.3. The second kappa shape index (κ2) is 23.1. The molecule has 0 unspecified atom stereocenters. The second-order valence-corrected chi connectivity index (χ2v) is 11.9. The minimum Gasteiger partial charge on any atom is -0.480 e. The maximum absolute atomic E-state index is 13.6. The Labute approximate surface area is 310 Å². The molecule has 0 saturated heterocycles. The molecule has 0 spiro atoms. The van der Waals surface area contributed by atoms with E-state index in [1.54, 1.807) is 24.3 Å². The molecule has 0 aliphatic heterocycles. The monoisotopic (exact) mass is 753 g/mol. The molecule has 4 rings (SSSR count). The first-order chi connectivity index (χ1) is 26.0. The number of rotatable bonds is 20. The maximum Gasteiger partial charge on any atom is 0.253 e. The lowest BCUT2D eigenvalue weighted by Crippen LogP contribution is -2.43. The average molecular weight is 754 g/mol. The molecule has 0 bridgehead atoms. The molecule has 2 amide bonds. The third-order valence-electron chi connectivity index (χ3n) is 7.83. The largest absolute Gasteiger partial charge is 0.480 e. The van der Waals surface area contributed by atoms with E-state index in [0.717, 1.165) is 43.5 Å². The highest BCUT2D eigenvalue weighted by Gasteiger charge is 2.24. The van der Waals surface area contributed by atoms with Gasteiger partial charge in [-0.25, -0.2) is 17.6 Å². The van der Waals surface area contributed by atoms with Gasteiger partial charge in [-0.3, -0.25) is 29.1 Å². The zero-order valence-electron chi connectivity index (χ0n) is 29.7. The van der Waals surface area contributed by atoms with Crippen molar-refractivity contribution in [2.45, 2.75) is 64.0 Å². The Morgan fingerprint density at radius 3 is 1.39 bits per heavy atom. The van der Waals surface area contributed by atoms with Gasteiger partial charge in [0.25, 0.3) is 11.8 Å². The summed E-state index contributed by atoms with van der Waals surface area (Å²) in [6.07, 6.45) is 10.5. The Morgan fingerprint density at radius 1 is 0.630 bits per heavy atom. The van der Waals surface area contributed by atoms with Crippen LogP contribution in [0, 0.1) is 23.3 Å². The van der Waals surface area contributed by atoms with Crippen LogP contribution >= 0.6 is 0 Å². The number of carbonyl (C=O) groups is 4. The average Bonchev–Trinajstić information content (AvgIpc) is 3.17. The number of carbonyl (C=O) groups excluding carboxylic acids is 4. The smallest absolute Gasteiger partial charge is 0.253 e. The van der Waals surface area contributed by atoms with Gasteiger partial charge in [0, 0.05) is 24.8 Å². The topological polar surface area (TPSA) is 163 Å². The number of para-hydroxylation sites is 2. The van der Waals surface area contributed by atoms with Crippen molar-refractivity contribution in [3.63, 3.8) is 0 Å². The number of aromatic nitrogens is 2. The lowest BCUT2D eigenvalue weighted by Gasteiger charge is -2.18. The molecule has 0 saturated carbocycles. The summed E-state index contributed by atoms with van der Waals surface area (Å²) in [6.45, 7) is 1.37. The number of hydrogen-bond acceptors (Lipinski definition) is 9. The fourth-order valence-corrected chi connectivity index (χ4v) is 4.92. The van der Waals surface area contributed by atoms with Crippen molar-refractivity contribution in [2.24, 2.45) is 5.73 Å². The number of nitrogens with zero attached hydrogens (tertiary/aromatic N) is 2. The van der Waals surface area contributed by atoms with Crippen molar-refractivity contribution in [1.29, 1.82) is 0 Å². The van der Waals surface area contributed by atoms with E-state index < -0.39 is 83.4 Å². The lowest BCUT2D eigenvalue weighted by molar-refractivity contribution is -0.123. The molecule has 0 aliphatic carbocycles. The van der Waals surface area contributed by atoms with Crippen molar-refractivity contribution in [3.8, 4) is 11.5 Å². The van der Waals surface area contributed by atoms with E-state index in [1.807, 2.05) is 6.92 Å². The van der Waals surface area contributed by atoms with E-state index in [0.29, 0.717) is 43.4 Å². The van der Waals surface area contributed by atoms with Crippen LogP contribution in [0.5, 0.6) is 11.5 Å². The highest BCUT2D eigenvalue weighted by atomic mass is 19.1. The SMILES string of the molecule is CCCCC[C@H](NC(=O)c1cccnc1)C(=O)COc1c(F)cccc1F.NCCCC[C@H](NC(=O)c1cccnc1)C(=O)COc1c(F)cccc1F. The van der Waals surface area contributed by atoms with Gasteiger partial charge in [-0.05, 0) is 80.8 Å². The highest BCUT2D eigenvalue weighted by Crippen LogP contribution is 2.22. The van der Waals surface area contributed by atoms with Gasteiger partial charge in [0.1, 0.15) is 13.2 Å². The first-order valence-corrected chi connectivity index (χ1v) is 17.4. The van der Waals surface area contributed by atoms with Crippen molar-refractivity contribution in [3.05, 3.63) is 120 Å². The molecule has 54 heavy (non-hydrogen) atoms. The van der Waals surface area contributed by atoms with Crippen molar-refractivity contribution in [2.75, 3.05) is 19.8 Å². The number of amides is 2. The molecule has 2 heterocycles. The number of benzene rings is 2. The van der Waals surface area contributed by atoms with Crippen LogP contribution in [-0.2, 0) is 9.59 Å². The van der Waals surface area contributed by atoms with Crippen molar-refractivity contribution >= 4 is 23.4 Å². The second-order valence-electron chi connectivity index (χ2n) is 11.9. The predicted molar refractivity (Wildman–Crippen MR) is 192 cm³/mol. The van der Waals surface area contributed by atoms with Gasteiger partial charge in [0.15, 0.2) is 46.3 Å². The summed E-state index contributed by atoms with van der Waals surface area (Å²) in [4.78, 5) is 57.3. The Balaban J connectivity index is 0.000000290. The lowest BCUT2D eigenvalue weighted by atomic mass is 10.0. The Morgan fingerprint density at radius 2 is 1.04 bits per heavy atom. The number of ether oxygens (including phenoxy) is 2. The van der Waals surface area contributed by atoms with Gasteiger partial charge in [-0.2, -0.15) is 0 Å². The quantitative estimate of drug-likeness (QED) is 0.0735. The molecule has 11 nitrogen and oxygen atoms in total. The van der Waals surface area contributed by atoms with Crippen LogP contribution in [0.4, 0.5) is 17.6 Å². The summed E-state index contributed by atoms with van der Waals surface area (Å²) < 4.78 is 64.5. The van der Waals surface area contributed by atoms with Crippen LogP contribution < -0.4 is 25.8 Å². The third kappa shape index (κ3) is 14.0. The molecule has 0 fully saturated rings. The summed E-state index contributed by atoms with van der Waals surface area (Å²) in [5.74, 6) is -6.64. The Hall–Kier alpha value is -5.70. The van der Waals surface area contributed by atoms with Gasteiger partial charge in [-0.1, -0.05) is 38.3 Å². The van der Waals surface area contributed by atoms with Gasteiger partial charge in [-0.15, -0.1) is 0 Å². The van der Waals surface area contributed by atoms with Gasteiger partial charge in [0.2, 0.25) is 0 Å². The summed E-state index contributed by atoms with van der Waals surface area (Å²) in [7, 11) is 0. The summed E-state index contributed by atoms with van der Waals surface area (Å²) >= 11 is 0. The van der Waals surface area contributed by atoms with E-state index in [9.17, 15) is 36.7 Å². The highest BCUT2D eigenvalue weighted by molar-refractivity contribution is 5.98. The van der Waals surface area contributed by atoms with Crippen LogP contribution in [0.1, 0.15) is 72.6 Å². The zero-order valence-corrected chi connectivity index (χ0v) is 29.7.